The highest BCUT2D eigenvalue weighted by atomic mass is 16.5. The molecule has 2 aromatic rings. The molecule has 6 heteroatoms. The summed E-state index contributed by atoms with van der Waals surface area (Å²) in [6.07, 6.45) is -1.46. The minimum absolute atomic E-state index is 0.0285. The molecule has 0 aliphatic carbocycles. The van der Waals surface area contributed by atoms with Gasteiger partial charge in [-0.05, 0) is 11.1 Å². The number of hydrogen-bond donors (Lipinski definition) is 3. The number of nitrogens with zero attached hydrogens (tertiary/aromatic N) is 1. The Hall–Kier alpha value is -1.80. The molecule has 0 bridgehead atoms. The molecule has 0 spiro atoms. The third kappa shape index (κ3) is 8.93. The molecule has 2 atom stereocenters. The maximum absolute atomic E-state index is 9.35. The predicted molar refractivity (Wildman–Crippen MR) is 108 cm³/mol. The highest BCUT2D eigenvalue weighted by Gasteiger charge is 2.12. The Labute approximate surface area is 167 Å². The number of hydrogen-bond acceptors (Lipinski definition) is 6. The lowest BCUT2D eigenvalue weighted by molar-refractivity contribution is -0.0777. The van der Waals surface area contributed by atoms with Crippen molar-refractivity contribution >= 4 is 0 Å². The van der Waals surface area contributed by atoms with Gasteiger partial charge in [0.05, 0.1) is 33.0 Å². The van der Waals surface area contributed by atoms with Crippen LogP contribution in [0, 0.1) is 0 Å². The van der Waals surface area contributed by atoms with Gasteiger partial charge in [0.15, 0.2) is 0 Å². The van der Waals surface area contributed by atoms with Crippen molar-refractivity contribution in [2.24, 2.45) is 0 Å². The number of aliphatic hydroxyl groups is 3. The van der Waals surface area contributed by atoms with Gasteiger partial charge in [-0.3, -0.25) is 4.90 Å². The lowest BCUT2D eigenvalue weighted by Gasteiger charge is -2.23. The smallest absolute Gasteiger partial charge is 0.104 e. The van der Waals surface area contributed by atoms with Crippen molar-refractivity contribution in [1.82, 2.24) is 4.90 Å². The first-order valence-electron chi connectivity index (χ1n) is 9.60. The molecule has 0 aliphatic rings. The summed E-state index contributed by atoms with van der Waals surface area (Å²) in [4.78, 5) is 2.31. The van der Waals surface area contributed by atoms with E-state index in [1.54, 1.807) is 0 Å². The summed E-state index contributed by atoms with van der Waals surface area (Å²) >= 11 is 0. The van der Waals surface area contributed by atoms with Crippen LogP contribution >= 0.6 is 0 Å². The molecular formula is C22H31NO5. The molecule has 28 heavy (non-hydrogen) atoms. The average Bonchev–Trinajstić information content (AvgIpc) is 2.74. The second-order valence-electron chi connectivity index (χ2n) is 6.73. The van der Waals surface area contributed by atoms with Gasteiger partial charge < -0.3 is 24.8 Å². The summed E-state index contributed by atoms with van der Waals surface area (Å²) in [7, 11) is 0. The molecule has 0 aromatic heterocycles. The summed E-state index contributed by atoms with van der Waals surface area (Å²) in [6.45, 7) is 2.52. The van der Waals surface area contributed by atoms with Crippen LogP contribution < -0.4 is 0 Å². The van der Waals surface area contributed by atoms with E-state index < -0.39 is 12.2 Å². The molecule has 0 radical (unpaired) electrons. The molecule has 3 N–H and O–H groups in total. The molecular weight excluding hydrogens is 358 g/mol. The van der Waals surface area contributed by atoms with Crippen LogP contribution in [0.15, 0.2) is 60.7 Å². The Morgan fingerprint density at radius 1 is 0.786 bits per heavy atom. The van der Waals surface area contributed by atoms with Crippen LogP contribution in [-0.2, 0) is 22.6 Å². The Kier molecular flexibility index (Phi) is 10.8. The first kappa shape index (κ1) is 22.5. The van der Waals surface area contributed by atoms with Crippen molar-refractivity contribution in [3.63, 3.8) is 0 Å². The van der Waals surface area contributed by atoms with Crippen molar-refractivity contribution < 1.29 is 24.8 Å². The van der Waals surface area contributed by atoms with Crippen LogP contribution in [0.25, 0.3) is 0 Å². The molecule has 0 saturated carbocycles. The Bertz CT molecular complexity index is 584. The lowest BCUT2D eigenvalue weighted by Crippen LogP contribution is -2.32. The van der Waals surface area contributed by atoms with Crippen LogP contribution in [0.3, 0.4) is 0 Å². The Balaban J connectivity index is 1.80. The topological polar surface area (TPSA) is 82.4 Å². The van der Waals surface area contributed by atoms with Crippen LogP contribution in [0.5, 0.6) is 0 Å². The van der Waals surface area contributed by atoms with Gasteiger partial charge in [-0.2, -0.15) is 0 Å². The molecule has 0 saturated heterocycles. The van der Waals surface area contributed by atoms with Crippen LogP contribution in [0.1, 0.15) is 11.1 Å². The Morgan fingerprint density at radius 2 is 1.36 bits per heavy atom. The van der Waals surface area contributed by atoms with Gasteiger partial charge in [0.1, 0.15) is 12.2 Å². The standard InChI is InChI=1S/C22H31NO5/c24-15-21(26)17-28-22(16-25)18-27-12-11-23(13-19-7-3-1-4-8-19)14-20-9-5-2-6-10-20/h1-10,21-22,24-26H,11-18H2. The van der Waals surface area contributed by atoms with Crippen LogP contribution in [0.2, 0.25) is 0 Å². The summed E-state index contributed by atoms with van der Waals surface area (Å²) in [5.74, 6) is 0. The highest BCUT2D eigenvalue weighted by molar-refractivity contribution is 5.17. The molecule has 0 fully saturated rings. The van der Waals surface area contributed by atoms with Crippen molar-refractivity contribution in [1.29, 1.82) is 0 Å². The molecule has 0 aliphatic heterocycles. The maximum Gasteiger partial charge on any atom is 0.104 e. The van der Waals surface area contributed by atoms with Crippen LogP contribution in [0.4, 0.5) is 0 Å². The van der Waals surface area contributed by atoms with Crippen molar-refractivity contribution in [2.45, 2.75) is 25.3 Å². The molecule has 2 aromatic carbocycles. The fourth-order valence-electron chi connectivity index (χ4n) is 2.76. The van der Waals surface area contributed by atoms with Crippen molar-refractivity contribution in [3.05, 3.63) is 71.8 Å². The number of benzene rings is 2. The van der Waals surface area contributed by atoms with E-state index in [-0.39, 0.29) is 26.4 Å². The summed E-state index contributed by atoms with van der Waals surface area (Å²) in [5.41, 5.74) is 2.49. The molecule has 2 rings (SSSR count). The maximum atomic E-state index is 9.35. The van der Waals surface area contributed by atoms with E-state index in [4.69, 9.17) is 14.6 Å². The van der Waals surface area contributed by atoms with Gasteiger partial charge in [-0.1, -0.05) is 60.7 Å². The minimum Gasteiger partial charge on any atom is -0.394 e. The number of aliphatic hydroxyl groups excluding tert-OH is 3. The summed E-state index contributed by atoms with van der Waals surface area (Å²) < 4.78 is 11.0. The van der Waals surface area contributed by atoms with E-state index in [1.165, 1.54) is 11.1 Å². The second kappa shape index (κ2) is 13.4. The largest absolute Gasteiger partial charge is 0.394 e. The fourth-order valence-corrected chi connectivity index (χ4v) is 2.76. The average molecular weight is 389 g/mol. The van der Waals surface area contributed by atoms with Gasteiger partial charge in [-0.25, -0.2) is 0 Å². The summed E-state index contributed by atoms with van der Waals surface area (Å²) in [6, 6.07) is 20.6. The predicted octanol–water partition coefficient (Wildman–Crippen LogP) is 1.44. The van der Waals surface area contributed by atoms with Gasteiger partial charge >= 0.3 is 0 Å². The van der Waals surface area contributed by atoms with Gasteiger partial charge in [0, 0.05) is 19.6 Å². The van der Waals surface area contributed by atoms with Gasteiger partial charge in [0.2, 0.25) is 0 Å². The first-order valence-corrected chi connectivity index (χ1v) is 9.60. The molecule has 6 nitrogen and oxygen atoms in total. The SMILES string of the molecule is OCC(O)COC(CO)COCCN(Cc1ccccc1)Cc1ccccc1. The zero-order chi connectivity index (χ0) is 20.0. The van der Waals surface area contributed by atoms with E-state index in [9.17, 15) is 10.2 Å². The van der Waals surface area contributed by atoms with Gasteiger partial charge in [-0.15, -0.1) is 0 Å². The monoisotopic (exact) mass is 389 g/mol. The zero-order valence-corrected chi connectivity index (χ0v) is 16.2. The van der Waals surface area contributed by atoms with Crippen molar-refractivity contribution in [3.8, 4) is 0 Å². The van der Waals surface area contributed by atoms with E-state index in [2.05, 4.69) is 29.2 Å². The number of rotatable bonds is 14. The van der Waals surface area contributed by atoms with E-state index in [0.29, 0.717) is 6.61 Å². The third-order valence-corrected chi connectivity index (χ3v) is 4.29. The molecule has 2 unspecified atom stereocenters. The normalized spacial score (nSPS) is 13.6. The summed E-state index contributed by atoms with van der Waals surface area (Å²) in [5, 5.41) is 27.5. The quantitative estimate of drug-likeness (QED) is 0.424. The lowest BCUT2D eigenvalue weighted by atomic mass is 10.1. The fraction of sp³-hybridized carbons (Fsp3) is 0.455. The highest BCUT2D eigenvalue weighted by Crippen LogP contribution is 2.10. The molecule has 0 heterocycles. The minimum atomic E-state index is -0.943. The third-order valence-electron chi connectivity index (χ3n) is 4.29. The van der Waals surface area contributed by atoms with E-state index >= 15 is 0 Å². The molecule has 154 valence electrons. The first-order chi connectivity index (χ1) is 13.7. The van der Waals surface area contributed by atoms with Crippen molar-refractivity contribution in [2.75, 3.05) is 39.6 Å². The van der Waals surface area contributed by atoms with Gasteiger partial charge in [0.25, 0.3) is 0 Å². The second-order valence-corrected chi connectivity index (χ2v) is 6.73. The van der Waals surface area contributed by atoms with Crippen LogP contribution in [-0.4, -0.2) is 72.0 Å². The number of ether oxygens (including phenoxy) is 2. The van der Waals surface area contributed by atoms with E-state index in [1.807, 2.05) is 36.4 Å². The molecule has 0 amide bonds. The van der Waals surface area contributed by atoms with E-state index in [0.717, 1.165) is 19.6 Å². The Morgan fingerprint density at radius 3 is 1.86 bits per heavy atom. The zero-order valence-electron chi connectivity index (χ0n) is 16.2.